The van der Waals surface area contributed by atoms with Crippen molar-refractivity contribution in [1.82, 2.24) is 5.06 Å². The predicted molar refractivity (Wildman–Crippen MR) is 130 cm³/mol. The number of hydrogen-bond donors (Lipinski definition) is 2. The fourth-order valence-corrected chi connectivity index (χ4v) is 7.24. The summed E-state index contributed by atoms with van der Waals surface area (Å²) >= 11 is 3.87. The van der Waals surface area contributed by atoms with Gasteiger partial charge < -0.3 is 15.5 Å². The Balaban J connectivity index is 1.70. The summed E-state index contributed by atoms with van der Waals surface area (Å²) in [7, 11) is 0. The molecule has 3 aliphatic rings. The molecule has 2 aliphatic carbocycles. The summed E-state index contributed by atoms with van der Waals surface area (Å²) in [6, 6.07) is 0. The Hall–Kier alpha value is -2.03. The van der Waals surface area contributed by atoms with Crippen molar-refractivity contribution in [3.8, 4) is 0 Å². The van der Waals surface area contributed by atoms with Crippen molar-refractivity contribution in [2.24, 2.45) is 23.7 Å². The number of rotatable bonds is 4. The summed E-state index contributed by atoms with van der Waals surface area (Å²) in [6.45, 7) is 4.27. The van der Waals surface area contributed by atoms with E-state index in [-0.39, 0.29) is 29.2 Å². The van der Waals surface area contributed by atoms with Crippen molar-refractivity contribution >= 4 is 86.2 Å². The van der Waals surface area contributed by atoms with Crippen molar-refractivity contribution in [3.63, 3.8) is 0 Å². The first-order chi connectivity index (χ1) is 15.0. The number of carbonyl (C=O) groups excluding carboxylic acids is 5. The molecule has 32 heavy (non-hydrogen) atoms. The molecule has 1 saturated carbocycles. The van der Waals surface area contributed by atoms with Crippen molar-refractivity contribution in [2.75, 3.05) is 10.6 Å². The van der Waals surface area contributed by atoms with E-state index in [9.17, 15) is 24.0 Å². The second kappa shape index (κ2) is 8.39. The van der Waals surface area contributed by atoms with Gasteiger partial charge >= 0.3 is 5.97 Å². The highest BCUT2D eigenvalue weighted by Crippen LogP contribution is 2.52. The average Bonchev–Trinajstić information content (AvgIpc) is 3.38. The highest BCUT2D eigenvalue weighted by molar-refractivity contribution is 14.1. The molecule has 4 rings (SSSR count). The van der Waals surface area contributed by atoms with Crippen LogP contribution in [0.4, 0.5) is 11.4 Å². The molecule has 2 fully saturated rings. The SMILES string of the molecule is CC(=O)Nc1c(C)c(C(=O)ON2C(=O)C3C4C=CC(C4)C3C2=O)c(I)c(NC(C)=O)c1I. The third-order valence-corrected chi connectivity index (χ3v) is 8.20. The zero-order chi connectivity index (χ0) is 23.5. The van der Waals surface area contributed by atoms with Crippen molar-refractivity contribution < 1.29 is 28.8 Å². The maximum Gasteiger partial charge on any atom is 0.365 e. The number of halogens is 2. The first-order valence-electron chi connectivity index (χ1n) is 9.88. The molecule has 9 nitrogen and oxygen atoms in total. The lowest BCUT2D eigenvalue weighted by atomic mass is 9.85. The molecule has 1 heterocycles. The second-order valence-corrected chi connectivity index (χ2v) is 10.2. The van der Waals surface area contributed by atoms with Crippen LogP contribution in [0.15, 0.2) is 12.2 Å². The van der Waals surface area contributed by atoms with Crippen molar-refractivity contribution in [2.45, 2.75) is 27.2 Å². The number of allylic oxidation sites excluding steroid dienone is 2. The minimum Gasteiger partial charge on any atom is -0.325 e. The Labute approximate surface area is 210 Å². The van der Waals surface area contributed by atoms with E-state index in [1.54, 1.807) is 6.92 Å². The smallest absolute Gasteiger partial charge is 0.325 e. The van der Waals surface area contributed by atoms with Gasteiger partial charge in [-0.3, -0.25) is 19.2 Å². The van der Waals surface area contributed by atoms with Gasteiger partial charge in [0.2, 0.25) is 11.8 Å². The van der Waals surface area contributed by atoms with Crippen LogP contribution < -0.4 is 10.6 Å². The lowest BCUT2D eigenvalue weighted by molar-refractivity contribution is -0.175. The van der Waals surface area contributed by atoms with Crippen LogP contribution in [0.3, 0.4) is 0 Å². The number of anilines is 2. The first-order valence-corrected chi connectivity index (χ1v) is 12.0. The summed E-state index contributed by atoms with van der Waals surface area (Å²) < 4.78 is 0.914. The quantitative estimate of drug-likeness (QED) is 0.291. The van der Waals surface area contributed by atoms with Crippen molar-refractivity contribution in [1.29, 1.82) is 0 Å². The number of hydrogen-bond acceptors (Lipinski definition) is 6. The number of imide groups is 1. The molecular weight excluding hydrogens is 644 g/mol. The van der Waals surface area contributed by atoms with Gasteiger partial charge in [0.1, 0.15) is 0 Å². The number of carbonyl (C=O) groups is 5. The van der Waals surface area contributed by atoms with Gasteiger partial charge in [-0.2, -0.15) is 0 Å². The van der Waals surface area contributed by atoms with Crippen LogP contribution in [0.5, 0.6) is 0 Å². The minimum atomic E-state index is -0.913. The van der Waals surface area contributed by atoms with Gasteiger partial charge in [0.05, 0.1) is 35.9 Å². The van der Waals surface area contributed by atoms with E-state index in [2.05, 4.69) is 10.6 Å². The molecule has 4 amide bonds. The van der Waals surface area contributed by atoms with Crippen LogP contribution in [0.25, 0.3) is 0 Å². The predicted octanol–water partition coefficient (Wildman–Crippen LogP) is 3.00. The molecule has 4 atom stereocenters. The summed E-state index contributed by atoms with van der Waals surface area (Å²) in [5, 5.41) is 5.94. The van der Waals surface area contributed by atoms with Gasteiger partial charge in [-0.25, -0.2) is 4.79 Å². The van der Waals surface area contributed by atoms with Gasteiger partial charge in [0, 0.05) is 13.8 Å². The lowest BCUT2D eigenvalue weighted by Crippen LogP contribution is -2.36. The molecule has 1 aliphatic heterocycles. The summed E-state index contributed by atoms with van der Waals surface area (Å²) in [5.74, 6) is -3.66. The molecule has 0 spiro atoms. The standard InChI is InChI=1S/C21H19I2N3O6/c1-7-12(15(22)18(25-9(3)28)16(23)17(7)24-8(2)27)21(31)32-26-19(29)13-10-4-5-11(6-10)14(13)20(26)30/h4-5,10-11,13-14H,6H2,1-3H3,(H,24,27)(H,25,28). The van der Waals surface area contributed by atoms with E-state index in [0.717, 1.165) is 6.42 Å². The first kappa shape index (κ1) is 23.1. The van der Waals surface area contributed by atoms with Crippen LogP contribution in [-0.4, -0.2) is 34.7 Å². The number of fused-ring (bicyclic) bond motifs is 5. The van der Waals surface area contributed by atoms with Crippen LogP contribution in [0.1, 0.15) is 36.2 Å². The topological polar surface area (TPSA) is 122 Å². The number of hydroxylamine groups is 2. The normalized spacial score (nSPS) is 25.2. The molecule has 0 radical (unpaired) electrons. The van der Waals surface area contributed by atoms with Gasteiger partial charge in [-0.1, -0.05) is 12.2 Å². The molecule has 1 aromatic rings. The molecule has 4 unspecified atom stereocenters. The maximum absolute atomic E-state index is 13.2. The van der Waals surface area contributed by atoms with E-state index in [1.165, 1.54) is 13.8 Å². The third kappa shape index (κ3) is 3.62. The largest absolute Gasteiger partial charge is 0.365 e. The maximum atomic E-state index is 13.2. The monoisotopic (exact) mass is 663 g/mol. The van der Waals surface area contributed by atoms with Crippen LogP contribution in [-0.2, 0) is 24.0 Å². The second-order valence-electron chi connectivity index (χ2n) is 8.09. The van der Waals surface area contributed by atoms with Gasteiger partial charge in [-0.05, 0) is 75.9 Å². The Morgan fingerprint density at radius 2 is 1.44 bits per heavy atom. The average molecular weight is 663 g/mol. The fraction of sp³-hybridized carbons (Fsp3) is 0.381. The molecule has 2 bridgehead atoms. The van der Waals surface area contributed by atoms with E-state index < -0.39 is 29.6 Å². The Kier molecular flexibility index (Phi) is 6.07. The molecular formula is C21H19I2N3O6. The Morgan fingerprint density at radius 3 is 1.94 bits per heavy atom. The van der Waals surface area contributed by atoms with E-state index in [0.29, 0.717) is 29.1 Å². The summed E-state index contributed by atoms with van der Waals surface area (Å²) in [6.07, 6.45) is 4.67. The lowest BCUT2D eigenvalue weighted by Gasteiger charge is -2.21. The molecule has 1 aromatic carbocycles. The zero-order valence-electron chi connectivity index (χ0n) is 17.3. The fourth-order valence-electron chi connectivity index (χ4n) is 4.75. The van der Waals surface area contributed by atoms with Gasteiger partial charge in [0.25, 0.3) is 11.8 Å². The summed E-state index contributed by atoms with van der Waals surface area (Å²) in [5.41, 5.74) is 1.12. The van der Waals surface area contributed by atoms with Gasteiger partial charge in [0.15, 0.2) is 0 Å². The number of nitrogens with zero attached hydrogens (tertiary/aromatic N) is 1. The summed E-state index contributed by atoms with van der Waals surface area (Å²) in [4.78, 5) is 67.8. The molecule has 0 aromatic heterocycles. The molecule has 11 heteroatoms. The van der Waals surface area contributed by atoms with Crippen molar-refractivity contribution in [3.05, 3.63) is 30.4 Å². The van der Waals surface area contributed by atoms with Gasteiger partial charge in [-0.15, -0.1) is 5.06 Å². The minimum absolute atomic E-state index is 0.0110. The van der Waals surface area contributed by atoms with Crippen LogP contribution >= 0.6 is 45.2 Å². The zero-order valence-corrected chi connectivity index (χ0v) is 21.6. The van der Waals surface area contributed by atoms with E-state index in [4.69, 9.17) is 4.84 Å². The van der Waals surface area contributed by atoms with Crippen LogP contribution in [0.2, 0.25) is 0 Å². The molecule has 168 valence electrons. The number of benzene rings is 1. The number of amides is 4. The number of nitrogens with one attached hydrogen (secondary N) is 2. The Bertz CT molecular complexity index is 1060. The van der Waals surface area contributed by atoms with E-state index >= 15 is 0 Å². The highest BCUT2D eigenvalue weighted by Gasteiger charge is 2.61. The van der Waals surface area contributed by atoms with Crippen LogP contribution in [0, 0.1) is 37.7 Å². The molecule has 1 saturated heterocycles. The Morgan fingerprint density at radius 1 is 0.938 bits per heavy atom. The molecule has 2 N–H and O–H groups in total. The third-order valence-electron chi connectivity index (χ3n) is 6.04. The highest BCUT2D eigenvalue weighted by atomic mass is 127. The van der Waals surface area contributed by atoms with E-state index in [1.807, 2.05) is 57.3 Å².